The number of nitrogens with zero attached hydrogens (tertiary/aromatic N) is 1. The number of rotatable bonds is 4. The van der Waals surface area contributed by atoms with E-state index in [0.717, 1.165) is 6.07 Å². The second-order valence-corrected chi connectivity index (χ2v) is 4.68. The molecule has 0 aliphatic carbocycles. The van der Waals surface area contributed by atoms with Gasteiger partial charge in [0.05, 0.1) is 10.7 Å². The fourth-order valence-electron chi connectivity index (χ4n) is 1.73. The maximum Gasteiger partial charge on any atom is 0.170 e. The Labute approximate surface area is 124 Å². The predicted octanol–water partition coefficient (Wildman–Crippen LogP) is 3.32. The average molecular weight is 312 g/mol. The van der Waals surface area contributed by atoms with Crippen LogP contribution in [0, 0.1) is 11.6 Å². The number of nitrogens with one attached hydrogen (secondary N) is 1. The van der Waals surface area contributed by atoms with Crippen LogP contribution >= 0.6 is 11.6 Å². The highest BCUT2D eigenvalue weighted by Crippen LogP contribution is 2.23. The largest absolute Gasteiger partial charge is 0.409 e. The van der Waals surface area contributed by atoms with E-state index < -0.39 is 11.6 Å². The summed E-state index contributed by atoms with van der Waals surface area (Å²) < 4.78 is 27.0. The van der Waals surface area contributed by atoms with Gasteiger partial charge in [0.15, 0.2) is 5.84 Å². The van der Waals surface area contributed by atoms with E-state index in [9.17, 15) is 8.78 Å². The molecule has 7 heteroatoms. The molecule has 0 atom stereocenters. The number of halogens is 3. The van der Waals surface area contributed by atoms with E-state index in [1.54, 1.807) is 0 Å². The third-order valence-corrected chi connectivity index (χ3v) is 3.18. The number of amidine groups is 1. The Bertz CT molecular complexity index is 692. The van der Waals surface area contributed by atoms with Gasteiger partial charge < -0.3 is 16.3 Å². The van der Waals surface area contributed by atoms with E-state index in [4.69, 9.17) is 22.5 Å². The summed E-state index contributed by atoms with van der Waals surface area (Å²) in [5.41, 5.74) is 6.35. The highest BCUT2D eigenvalue weighted by atomic mass is 35.5. The monoisotopic (exact) mass is 311 g/mol. The van der Waals surface area contributed by atoms with Gasteiger partial charge in [-0.25, -0.2) is 8.78 Å². The molecule has 0 aliphatic heterocycles. The Hall–Kier alpha value is -2.34. The molecule has 0 fully saturated rings. The van der Waals surface area contributed by atoms with Gasteiger partial charge in [-0.1, -0.05) is 28.9 Å². The topological polar surface area (TPSA) is 70.6 Å². The molecule has 0 saturated heterocycles. The molecular weight excluding hydrogens is 300 g/mol. The van der Waals surface area contributed by atoms with Gasteiger partial charge in [0.1, 0.15) is 11.6 Å². The predicted molar refractivity (Wildman–Crippen MR) is 77.6 cm³/mol. The molecular formula is C14H12ClF2N3O. The quantitative estimate of drug-likeness (QED) is 0.351. The molecule has 0 aromatic heterocycles. The summed E-state index contributed by atoms with van der Waals surface area (Å²) in [5.74, 6) is -1.15. The molecule has 0 saturated carbocycles. The van der Waals surface area contributed by atoms with Gasteiger partial charge >= 0.3 is 0 Å². The van der Waals surface area contributed by atoms with Gasteiger partial charge in [0.25, 0.3) is 0 Å². The standard InChI is InChI=1S/C14H12ClF2N3O/c15-11-4-3-10(16)6-13(11)19-7-9-2-1-8(5-12(9)17)14(18)20-21/h1-6,19,21H,7H2,(H2,18,20). The Morgan fingerprint density at radius 2 is 2.00 bits per heavy atom. The maximum atomic E-state index is 13.9. The summed E-state index contributed by atoms with van der Waals surface area (Å²) in [6.07, 6.45) is 0. The van der Waals surface area contributed by atoms with E-state index in [-0.39, 0.29) is 17.9 Å². The van der Waals surface area contributed by atoms with Gasteiger partial charge in [-0.15, -0.1) is 0 Å². The molecule has 0 amide bonds. The number of anilines is 1. The Balaban J connectivity index is 2.15. The van der Waals surface area contributed by atoms with Crippen molar-refractivity contribution in [2.24, 2.45) is 10.9 Å². The Kier molecular flexibility index (Phi) is 4.59. The van der Waals surface area contributed by atoms with Crippen molar-refractivity contribution in [1.29, 1.82) is 0 Å². The minimum Gasteiger partial charge on any atom is -0.409 e. The van der Waals surface area contributed by atoms with Crippen LogP contribution in [0.4, 0.5) is 14.5 Å². The van der Waals surface area contributed by atoms with Crippen LogP contribution in [0.3, 0.4) is 0 Å². The van der Waals surface area contributed by atoms with Crippen LogP contribution in [0.15, 0.2) is 41.6 Å². The maximum absolute atomic E-state index is 13.9. The molecule has 21 heavy (non-hydrogen) atoms. The molecule has 0 radical (unpaired) electrons. The molecule has 0 bridgehead atoms. The second-order valence-electron chi connectivity index (χ2n) is 4.27. The zero-order chi connectivity index (χ0) is 15.4. The van der Waals surface area contributed by atoms with Gasteiger partial charge in [-0.2, -0.15) is 0 Å². The van der Waals surface area contributed by atoms with Gasteiger partial charge in [-0.05, 0) is 24.3 Å². The van der Waals surface area contributed by atoms with Crippen molar-refractivity contribution in [2.45, 2.75) is 6.54 Å². The number of nitrogens with two attached hydrogens (primary N) is 1. The van der Waals surface area contributed by atoms with Crippen LogP contribution in [-0.2, 0) is 6.54 Å². The Morgan fingerprint density at radius 3 is 2.67 bits per heavy atom. The van der Waals surface area contributed by atoms with E-state index in [1.165, 1.54) is 30.3 Å². The first-order valence-corrected chi connectivity index (χ1v) is 6.34. The number of hydrogen-bond donors (Lipinski definition) is 3. The van der Waals surface area contributed by atoms with Gasteiger partial charge in [0, 0.05) is 17.7 Å². The summed E-state index contributed by atoms with van der Waals surface area (Å²) in [6.45, 7) is 0.117. The summed E-state index contributed by atoms with van der Waals surface area (Å²) in [7, 11) is 0. The smallest absolute Gasteiger partial charge is 0.170 e. The fraction of sp³-hybridized carbons (Fsp3) is 0.0714. The highest BCUT2D eigenvalue weighted by molar-refractivity contribution is 6.33. The van der Waals surface area contributed by atoms with Crippen LogP contribution in [0.25, 0.3) is 0 Å². The molecule has 0 heterocycles. The number of benzene rings is 2. The van der Waals surface area contributed by atoms with Gasteiger partial charge in [0.2, 0.25) is 0 Å². The molecule has 2 rings (SSSR count). The lowest BCUT2D eigenvalue weighted by Crippen LogP contribution is -2.14. The SMILES string of the molecule is N/C(=N/O)c1ccc(CNc2cc(F)ccc2Cl)c(F)c1. The molecule has 110 valence electrons. The van der Waals surface area contributed by atoms with Crippen LogP contribution in [0.2, 0.25) is 5.02 Å². The lowest BCUT2D eigenvalue weighted by molar-refractivity contribution is 0.318. The van der Waals surface area contributed by atoms with Crippen molar-refractivity contribution < 1.29 is 14.0 Å². The lowest BCUT2D eigenvalue weighted by Gasteiger charge is -2.10. The highest BCUT2D eigenvalue weighted by Gasteiger charge is 2.08. The van der Waals surface area contributed by atoms with Crippen molar-refractivity contribution in [1.82, 2.24) is 0 Å². The first-order valence-electron chi connectivity index (χ1n) is 5.96. The van der Waals surface area contributed by atoms with Crippen LogP contribution in [-0.4, -0.2) is 11.0 Å². The Morgan fingerprint density at radius 1 is 1.24 bits per heavy atom. The first kappa shape index (κ1) is 15.1. The molecule has 4 N–H and O–H groups in total. The molecule has 0 aliphatic rings. The summed E-state index contributed by atoms with van der Waals surface area (Å²) >= 11 is 5.90. The van der Waals surface area contributed by atoms with Gasteiger partial charge in [-0.3, -0.25) is 0 Å². The van der Waals surface area contributed by atoms with E-state index >= 15 is 0 Å². The zero-order valence-corrected chi connectivity index (χ0v) is 11.5. The molecule has 4 nitrogen and oxygen atoms in total. The zero-order valence-electron chi connectivity index (χ0n) is 10.8. The molecule has 0 unspecified atom stereocenters. The third-order valence-electron chi connectivity index (χ3n) is 2.85. The number of oxime groups is 1. The minimum absolute atomic E-state index is 0.117. The van der Waals surface area contributed by atoms with Crippen molar-refractivity contribution in [2.75, 3.05) is 5.32 Å². The second kappa shape index (κ2) is 6.41. The van der Waals surface area contributed by atoms with E-state index in [0.29, 0.717) is 16.3 Å². The minimum atomic E-state index is -0.529. The van der Waals surface area contributed by atoms with E-state index in [1.807, 2.05) is 0 Å². The summed E-state index contributed by atoms with van der Waals surface area (Å²) in [5, 5.41) is 14.5. The average Bonchev–Trinajstić information content (AvgIpc) is 2.48. The van der Waals surface area contributed by atoms with Crippen LogP contribution in [0.5, 0.6) is 0 Å². The normalized spacial score (nSPS) is 11.5. The molecule has 2 aromatic rings. The van der Waals surface area contributed by atoms with Crippen LogP contribution in [0.1, 0.15) is 11.1 Å². The fourth-order valence-corrected chi connectivity index (χ4v) is 1.92. The summed E-state index contributed by atoms with van der Waals surface area (Å²) in [6, 6.07) is 8.03. The van der Waals surface area contributed by atoms with E-state index in [2.05, 4.69) is 10.5 Å². The summed E-state index contributed by atoms with van der Waals surface area (Å²) in [4.78, 5) is 0. The lowest BCUT2D eigenvalue weighted by atomic mass is 10.1. The number of hydrogen-bond acceptors (Lipinski definition) is 3. The molecule has 0 spiro atoms. The van der Waals surface area contributed by atoms with Crippen molar-refractivity contribution in [3.63, 3.8) is 0 Å². The van der Waals surface area contributed by atoms with Crippen molar-refractivity contribution >= 4 is 23.1 Å². The van der Waals surface area contributed by atoms with Crippen molar-refractivity contribution in [3.8, 4) is 0 Å². The molecule has 2 aromatic carbocycles. The third kappa shape index (κ3) is 3.61. The first-order chi connectivity index (χ1) is 10.0. The van der Waals surface area contributed by atoms with Crippen molar-refractivity contribution in [3.05, 3.63) is 64.2 Å². The van der Waals surface area contributed by atoms with Crippen LogP contribution < -0.4 is 11.1 Å².